The Morgan fingerprint density at radius 3 is 2.65 bits per heavy atom. The van der Waals surface area contributed by atoms with E-state index in [0.717, 1.165) is 19.0 Å². The van der Waals surface area contributed by atoms with Gasteiger partial charge in [0.15, 0.2) is 0 Å². The van der Waals surface area contributed by atoms with Crippen LogP contribution in [0.15, 0.2) is 18.5 Å². The lowest BCUT2D eigenvalue weighted by atomic mass is 9.95. The van der Waals surface area contributed by atoms with Gasteiger partial charge in [0.1, 0.15) is 5.82 Å². The molecule has 108 valence electrons. The second kappa shape index (κ2) is 6.05. The fourth-order valence-electron chi connectivity index (χ4n) is 2.33. The monoisotopic (exact) mass is 313 g/mol. The maximum atomic E-state index is 13.1. The molecule has 1 fully saturated rings. The second-order valence-corrected chi connectivity index (χ2v) is 6.38. The number of carbonyl (C=O) groups excluding carboxylic acids is 1. The molecule has 0 spiro atoms. The standard InChI is InChI=1S/C13H16FN3OS2/c1-20-13(12(15)19)2-4-17(5-3-13)11(18)9-6-10(14)8-16-7-9/h6-8H,2-5H2,1H3,(H2,15,19). The van der Waals surface area contributed by atoms with E-state index < -0.39 is 5.82 Å². The number of likely N-dealkylation sites (tertiary alicyclic amines) is 1. The number of aromatic nitrogens is 1. The first-order valence-electron chi connectivity index (χ1n) is 6.23. The van der Waals surface area contributed by atoms with Crippen molar-refractivity contribution in [2.75, 3.05) is 19.3 Å². The number of nitrogens with two attached hydrogens (primary N) is 1. The van der Waals surface area contributed by atoms with E-state index in [1.807, 2.05) is 6.26 Å². The molecule has 20 heavy (non-hydrogen) atoms. The Morgan fingerprint density at radius 1 is 1.50 bits per heavy atom. The molecule has 0 aliphatic carbocycles. The normalized spacial score (nSPS) is 17.8. The number of carbonyl (C=O) groups is 1. The molecule has 1 aromatic heterocycles. The van der Waals surface area contributed by atoms with Gasteiger partial charge in [0.2, 0.25) is 0 Å². The summed E-state index contributed by atoms with van der Waals surface area (Å²) in [5, 5.41) is 0. The summed E-state index contributed by atoms with van der Waals surface area (Å²) in [6, 6.07) is 1.21. The van der Waals surface area contributed by atoms with E-state index in [-0.39, 0.29) is 16.2 Å². The summed E-state index contributed by atoms with van der Waals surface area (Å²) >= 11 is 6.77. The van der Waals surface area contributed by atoms with E-state index in [0.29, 0.717) is 18.1 Å². The molecule has 0 atom stereocenters. The Morgan fingerprint density at radius 2 is 2.15 bits per heavy atom. The lowest BCUT2D eigenvalue weighted by Crippen LogP contribution is -2.50. The molecular formula is C13H16FN3OS2. The van der Waals surface area contributed by atoms with Crippen LogP contribution in [-0.4, -0.2) is 44.9 Å². The van der Waals surface area contributed by atoms with Crippen LogP contribution in [0.5, 0.6) is 0 Å². The zero-order valence-electron chi connectivity index (χ0n) is 11.1. The van der Waals surface area contributed by atoms with Crippen LogP contribution >= 0.6 is 24.0 Å². The number of amides is 1. The lowest BCUT2D eigenvalue weighted by molar-refractivity contribution is 0.0718. The molecule has 2 rings (SSSR count). The number of pyridine rings is 1. The predicted molar refractivity (Wildman–Crippen MR) is 82.4 cm³/mol. The molecule has 1 aliphatic heterocycles. The van der Waals surface area contributed by atoms with Gasteiger partial charge in [-0.05, 0) is 25.2 Å². The third-order valence-corrected chi connectivity index (χ3v) is 5.58. The molecule has 2 N–H and O–H groups in total. The molecule has 2 heterocycles. The molecule has 0 aromatic carbocycles. The van der Waals surface area contributed by atoms with Crippen molar-refractivity contribution in [3.63, 3.8) is 0 Å². The molecule has 1 aliphatic rings. The highest BCUT2D eigenvalue weighted by atomic mass is 32.2. The second-order valence-electron chi connectivity index (χ2n) is 4.75. The van der Waals surface area contributed by atoms with Crippen molar-refractivity contribution in [3.8, 4) is 0 Å². The smallest absolute Gasteiger partial charge is 0.255 e. The fraction of sp³-hybridized carbons (Fsp3) is 0.462. The number of thioether (sulfide) groups is 1. The molecule has 1 saturated heterocycles. The molecule has 7 heteroatoms. The summed E-state index contributed by atoms with van der Waals surface area (Å²) in [4.78, 5) is 18.2. The number of halogens is 1. The average Bonchev–Trinajstić information content (AvgIpc) is 2.46. The van der Waals surface area contributed by atoms with Crippen molar-refractivity contribution in [2.24, 2.45) is 5.73 Å². The van der Waals surface area contributed by atoms with Gasteiger partial charge in [0.05, 0.1) is 21.5 Å². The number of nitrogens with zero attached hydrogens (tertiary/aromatic N) is 2. The first-order valence-corrected chi connectivity index (χ1v) is 7.87. The Labute approximate surface area is 126 Å². The maximum absolute atomic E-state index is 13.1. The third kappa shape index (κ3) is 2.93. The highest BCUT2D eigenvalue weighted by Gasteiger charge is 2.38. The summed E-state index contributed by atoms with van der Waals surface area (Å²) in [6.45, 7) is 1.13. The van der Waals surface area contributed by atoms with Crippen LogP contribution in [0.3, 0.4) is 0 Å². The van der Waals surface area contributed by atoms with Gasteiger partial charge in [-0.15, -0.1) is 0 Å². The molecule has 0 saturated carbocycles. The van der Waals surface area contributed by atoms with Crippen LogP contribution in [0.1, 0.15) is 23.2 Å². The fourth-order valence-corrected chi connectivity index (χ4v) is 3.58. The van der Waals surface area contributed by atoms with E-state index in [1.165, 1.54) is 12.3 Å². The van der Waals surface area contributed by atoms with E-state index >= 15 is 0 Å². The van der Waals surface area contributed by atoms with Gasteiger partial charge in [0.25, 0.3) is 5.91 Å². The first kappa shape index (κ1) is 15.2. The van der Waals surface area contributed by atoms with Gasteiger partial charge in [0, 0.05) is 19.3 Å². The van der Waals surface area contributed by atoms with Gasteiger partial charge in [-0.1, -0.05) is 12.2 Å². The van der Waals surface area contributed by atoms with Crippen molar-refractivity contribution in [3.05, 3.63) is 29.8 Å². The van der Waals surface area contributed by atoms with Gasteiger partial charge >= 0.3 is 0 Å². The van der Waals surface area contributed by atoms with Crippen LogP contribution in [0, 0.1) is 5.82 Å². The van der Waals surface area contributed by atoms with Crippen LogP contribution in [0.4, 0.5) is 4.39 Å². The molecular weight excluding hydrogens is 297 g/mol. The molecule has 0 bridgehead atoms. The first-order chi connectivity index (χ1) is 9.48. The predicted octanol–water partition coefficient (Wildman–Crippen LogP) is 1.84. The van der Waals surface area contributed by atoms with Gasteiger partial charge in [-0.3, -0.25) is 9.78 Å². The quantitative estimate of drug-likeness (QED) is 0.863. The van der Waals surface area contributed by atoms with Crippen molar-refractivity contribution in [2.45, 2.75) is 17.6 Å². The Hall–Kier alpha value is -1.21. The Balaban J connectivity index is 2.07. The van der Waals surface area contributed by atoms with Crippen LogP contribution in [0.2, 0.25) is 0 Å². The van der Waals surface area contributed by atoms with Crippen LogP contribution in [0.25, 0.3) is 0 Å². The molecule has 1 aromatic rings. The number of hydrogen-bond donors (Lipinski definition) is 1. The third-order valence-electron chi connectivity index (χ3n) is 3.65. The largest absolute Gasteiger partial charge is 0.392 e. The minimum atomic E-state index is -0.505. The van der Waals surface area contributed by atoms with E-state index in [2.05, 4.69) is 4.98 Å². The van der Waals surface area contributed by atoms with Gasteiger partial charge < -0.3 is 10.6 Å². The average molecular weight is 313 g/mol. The molecule has 0 radical (unpaired) electrons. The number of piperidine rings is 1. The van der Waals surface area contributed by atoms with E-state index in [1.54, 1.807) is 16.7 Å². The van der Waals surface area contributed by atoms with Crippen LogP contribution < -0.4 is 5.73 Å². The summed E-state index contributed by atoms with van der Waals surface area (Å²) in [6.07, 6.45) is 5.89. The lowest BCUT2D eigenvalue weighted by Gasteiger charge is -2.40. The SMILES string of the molecule is CSC1(C(N)=S)CCN(C(=O)c2cncc(F)c2)CC1. The molecule has 0 unspecified atom stereocenters. The zero-order valence-corrected chi connectivity index (χ0v) is 12.8. The minimum absolute atomic E-state index is 0.199. The molecule has 1 amide bonds. The summed E-state index contributed by atoms with van der Waals surface area (Å²) in [5.74, 6) is -0.705. The number of rotatable bonds is 3. The van der Waals surface area contributed by atoms with Crippen molar-refractivity contribution >= 4 is 34.9 Å². The van der Waals surface area contributed by atoms with E-state index in [9.17, 15) is 9.18 Å². The topological polar surface area (TPSA) is 59.2 Å². The maximum Gasteiger partial charge on any atom is 0.255 e. The Kier molecular flexibility index (Phi) is 4.59. The van der Waals surface area contributed by atoms with Gasteiger partial charge in [-0.2, -0.15) is 11.8 Å². The van der Waals surface area contributed by atoms with Gasteiger partial charge in [-0.25, -0.2) is 4.39 Å². The minimum Gasteiger partial charge on any atom is -0.392 e. The summed E-state index contributed by atoms with van der Waals surface area (Å²) in [7, 11) is 0. The number of thiocarbonyl (C=S) groups is 1. The zero-order chi connectivity index (χ0) is 14.8. The summed E-state index contributed by atoms with van der Waals surface area (Å²) < 4.78 is 12.9. The van der Waals surface area contributed by atoms with Crippen molar-refractivity contribution in [1.82, 2.24) is 9.88 Å². The van der Waals surface area contributed by atoms with E-state index in [4.69, 9.17) is 18.0 Å². The molecule has 4 nitrogen and oxygen atoms in total. The highest BCUT2D eigenvalue weighted by Crippen LogP contribution is 2.35. The number of hydrogen-bond acceptors (Lipinski definition) is 4. The van der Waals surface area contributed by atoms with Crippen molar-refractivity contribution in [1.29, 1.82) is 0 Å². The van der Waals surface area contributed by atoms with Crippen LogP contribution in [-0.2, 0) is 0 Å². The van der Waals surface area contributed by atoms with Crippen molar-refractivity contribution < 1.29 is 9.18 Å². The Bertz CT molecular complexity index is 530. The summed E-state index contributed by atoms with van der Waals surface area (Å²) in [5.41, 5.74) is 6.09. The highest BCUT2D eigenvalue weighted by molar-refractivity contribution is 8.02.